The summed E-state index contributed by atoms with van der Waals surface area (Å²) in [4.78, 5) is 15.0. The van der Waals surface area contributed by atoms with Gasteiger partial charge in [0.25, 0.3) is 0 Å². The van der Waals surface area contributed by atoms with Crippen LogP contribution in [0.2, 0.25) is 0 Å². The molecule has 1 amide bonds. The number of aromatic nitrogens is 3. The molecular weight excluding hydrogens is 454 g/mol. The second-order valence-electron chi connectivity index (χ2n) is 7.86. The normalized spacial score (nSPS) is 13.6. The monoisotopic (exact) mass is 485 g/mol. The topological polar surface area (TPSA) is 94.7 Å². The number of benzene rings is 1. The van der Waals surface area contributed by atoms with Gasteiger partial charge in [0.1, 0.15) is 5.76 Å². The van der Waals surface area contributed by atoms with Crippen LogP contribution in [0.15, 0.2) is 46.2 Å². The molecule has 0 radical (unpaired) electrons. The fourth-order valence-electron chi connectivity index (χ4n) is 3.87. The first-order valence-corrected chi connectivity index (χ1v) is 12.7. The van der Waals surface area contributed by atoms with Crippen molar-refractivity contribution in [2.45, 2.75) is 44.8 Å². The van der Waals surface area contributed by atoms with Gasteiger partial charge < -0.3 is 24.1 Å². The Kier molecular flexibility index (Phi) is 8.35. The number of thioether (sulfide) groups is 1. The van der Waals surface area contributed by atoms with E-state index in [1.807, 2.05) is 42.7 Å². The zero-order chi connectivity index (χ0) is 23.8. The van der Waals surface area contributed by atoms with Crippen LogP contribution in [0, 0.1) is 0 Å². The van der Waals surface area contributed by atoms with Crippen LogP contribution in [0.4, 0.5) is 11.6 Å². The molecule has 3 heterocycles. The molecule has 0 spiro atoms. The molecule has 1 N–H and O–H groups in total. The SMILES string of the molecule is CCOc1ccc(NC(=O)CSc2nnc(N3CCCCC3)n2Cc2ccco2)cc1OCC. The minimum atomic E-state index is -0.135. The molecule has 1 aromatic carbocycles. The average Bonchev–Trinajstić information content (AvgIpc) is 3.51. The summed E-state index contributed by atoms with van der Waals surface area (Å²) in [6.45, 7) is 7.33. The maximum atomic E-state index is 12.7. The summed E-state index contributed by atoms with van der Waals surface area (Å²) in [6, 6.07) is 9.20. The van der Waals surface area contributed by atoms with Crippen molar-refractivity contribution in [2.24, 2.45) is 0 Å². The number of carbonyl (C=O) groups is 1. The van der Waals surface area contributed by atoms with Gasteiger partial charge in [-0.05, 0) is 57.4 Å². The van der Waals surface area contributed by atoms with Gasteiger partial charge in [-0.2, -0.15) is 0 Å². The average molecular weight is 486 g/mol. The van der Waals surface area contributed by atoms with Crippen LogP contribution in [-0.2, 0) is 11.3 Å². The zero-order valence-corrected chi connectivity index (χ0v) is 20.5. The smallest absolute Gasteiger partial charge is 0.234 e. The summed E-state index contributed by atoms with van der Waals surface area (Å²) in [5, 5.41) is 12.5. The fraction of sp³-hybridized carbons (Fsp3) is 0.458. The number of amides is 1. The van der Waals surface area contributed by atoms with E-state index in [9.17, 15) is 4.79 Å². The molecule has 0 saturated carbocycles. The molecule has 0 aliphatic carbocycles. The molecule has 1 aliphatic rings. The quantitative estimate of drug-likeness (QED) is 0.399. The van der Waals surface area contributed by atoms with Crippen LogP contribution >= 0.6 is 11.8 Å². The number of nitrogens with one attached hydrogen (secondary N) is 1. The molecule has 9 nitrogen and oxygen atoms in total. The highest BCUT2D eigenvalue weighted by atomic mass is 32.2. The number of anilines is 2. The Labute approximate surface area is 203 Å². The molecule has 10 heteroatoms. The summed E-state index contributed by atoms with van der Waals surface area (Å²) in [6.07, 6.45) is 5.18. The van der Waals surface area contributed by atoms with Crippen molar-refractivity contribution in [1.29, 1.82) is 0 Å². The molecule has 0 unspecified atom stereocenters. The van der Waals surface area contributed by atoms with Crippen molar-refractivity contribution in [2.75, 3.05) is 42.3 Å². The first-order valence-electron chi connectivity index (χ1n) is 11.7. The summed E-state index contributed by atoms with van der Waals surface area (Å²) in [5.74, 6) is 2.98. The van der Waals surface area contributed by atoms with Gasteiger partial charge in [0, 0.05) is 24.8 Å². The Hall–Kier alpha value is -3.14. The summed E-state index contributed by atoms with van der Waals surface area (Å²) in [7, 11) is 0. The van der Waals surface area contributed by atoms with Crippen molar-refractivity contribution >= 4 is 29.3 Å². The largest absolute Gasteiger partial charge is 0.490 e. The molecule has 182 valence electrons. The Balaban J connectivity index is 1.44. The molecule has 0 atom stereocenters. The highest BCUT2D eigenvalue weighted by Gasteiger charge is 2.22. The van der Waals surface area contributed by atoms with Crippen LogP contribution < -0.4 is 19.7 Å². The predicted octanol–water partition coefficient (Wildman–Crippen LogP) is 4.44. The lowest BCUT2D eigenvalue weighted by Gasteiger charge is -2.27. The summed E-state index contributed by atoms with van der Waals surface area (Å²) in [5.41, 5.74) is 0.656. The molecule has 1 saturated heterocycles. The van der Waals surface area contributed by atoms with E-state index in [4.69, 9.17) is 13.9 Å². The minimum Gasteiger partial charge on any atom is -0.490 e. The Bertz CT molecular complexity index is 1060. The van der Waals surface area contributed by atoms with E-state index in [-0.39, 0.29) is 11.7 Å². The number of piperidine rings is 1. The Morgan fingerprint density at radius 3 is 2.62 bits per heavy atom. The second-order valence-corrected chi connectivity index (χ2v) is 8.80. The maximum absolute atomic E-state index is 12.7. The van der Waals surface area contributed by atoms with E-state index < -0.39 is 0 Å². The van der Waals surface area contributed by atoms with Crippen LogP contribution in [0.5, 0.6) is 11.5 Å². The van der Waals surface area contributed by atoms with E-state index in [0.29, 0.717) is 42.1 Å². The van der Waals surface area contributed by atoms with E-state index >= 15 is 0 Å². The van der Waals surface area contributed by atoms with Crippen molar-refractivity contribution in [3.63, 3.8) is 0 Å². The first kappa shape index (κ1) is 24.0. The van der Waals surface area contributed by atoms with Crippen LogP contribution in [0.1, 0.15) is 38.9 Å². The molecule has 0 bridgehead atoms. The van der Waals surface area contributed by atoms with Crippen molar-refractivity contribution in [3.8, 4) is 11.5 Å². The number of carbonyl (C=O) groups excluding carboxylic acids is 1. The van der Waals surface area contributed by atoms with E-state index in [0.717, 1.165) is 37.6 Å². The molecule has 3 aromatic rings. The van der Waals surface area contributed by atoms with E-state index in [1.54, 1.807) is 12.3 Å². The lowest BCUT2D eigenvalue weighted by Crippen LogP contribution is -2.32. The van der Waals surface area contributed by atoms with Crippen LogP contribution in [-0.4, -0.2) is 52.7 Å². The number of hydrogen-bond acceptors (Lipinski definition) is 8. The second kappa shape index (κ2) is 11.8. The first-order chi connectivity index (χ1) is 16.7. The van der Waals surface area contributed by atoms with Gasteiger partial charge in [-0.25, -0.2) is 0 Å². The van der Waals surface area contributed by atoms with Gasteiger partial charge in [-0.3, -0.25) is 9.36 Å². The molecule has 34 heavy (non-hydrogen) atoms. The lowest BCUT2D eigenvalue weighted by molar-refractivity contribution is -0.113. The minimum absolute atomic E-state index is 0.135. The number of rotatable bonds is 11. The molecule has 1 fully saturated rings. The van der Waals surface area contributed by atoms with E-state index in [2.05, 4.69) is 20.4 Å². The van der Waals surface area contributed by atoms with Gasteiger partial charge in [-0.15, -0.1) is 10.2 Å². The zero-order valence-electron chi connectivity index (χ0n) is 19.7. The van der Waals surface area contributed by atoms with Crippen molar-refractivity contribution in [3.05, 3.63) is 42.4 Å². The number of ether oxygens (including phenoxy) is 2. The molecule has 4 rings (SSSR count). The Morgan fingerprint density at radius 1 is 1.09 bits per heavy atom. The highest BCUT2D eigenvalue weighted by molar-refractivity contribution is 7.99. The van der Waals surface area contributed by atoms with Gasteiger partial charge in [-0.1, -0.05) is 11.8 Å². The third-order valence-corrected chi connectivity index (χ3v) is 6.36. The highest BCUT2D eigenvalue weighted by Crippen LogP contribution is 2.31. The van der Waals surface area contributed by atoms with Gasteiger partial charge in [0.05, 0.1) is 31.8 Å². The number of nitrogens with zero attached hydrogens (tertiary/aromatic N) is 4. The fourth-order valence-corrected chi connectivity index (χ4v) is 4.60. The molecule has 2 aromatic heterocycles. The van der Waals surface area contributed by atoms with Gasteiger partial charge >= 0.3 is 0 Å². The van der Waals surface area contributed by atoms with E-state index in [1.165, 1.54) is 18.2 Å². The van der Waals surface area contributed by atoms with Gasteiger partial charge in [0.15, 0.2) is 16.7 Å². The summed E-state index contributed by atoms with van der Waals surface area (Å²) >= 11 is 1.36. The molecule has 1 aliphatic heterocycles. The Morgan fingerprint density at radius 2 is 1.88 bits per heavy atom. The predicted molar refractivity (Wildman–Crippen MR) is 132 cm³/mol. The van der Waals surface area contributed by atoms with Crippen LogP contribution in [0.3, 0.4) is 0 Å². The standard InChI is InChI=1S/C24H31N5O4S/c1-3-31-20-11-10-18(15-21(20)32-4-2)25-22(30)17-34-24-27-26-23(28-12-6-5-7-13-28)29(24)16-19-9-8-14-33-19/h8-11,14-15H,3-7,12-13,16-17H2,1-2H3,(H,25,30). The van der Waals surface area contributed by atoms with Gasteiger partial charge in [0.2, 0.25) is 11.9 Å². The van der Waals surface area contributed by atoms with Crippen molar-refractivity contribution < 1.29 is 18.7 Å². The lowest BCUT2D eigenvalue weighted by atomic mass is 10.1. The summed E-state index contributed by atoms with van der Waals surface area (Å²) < 4.78 is 18.8. The number of furan rings is 1. The third-order valence-electron chi connectivity index (χ3n) is 5.39. The van der Waals surface area contributed by atoms with Crippen LogP contribution in [0.25, 0.3) is 0 Å². The number of hydrogen-bond donors (Lipinski definition) is 1. The maximum Gasteiger partial charge on any atom is 0.234 e. The van der Waals surface area contributed by atoms with Crippen molar-refractivity contribution in [1.82, 2.24) is 14.8 Å². The molecular formula is C24H31N5O4S. The third kappa shape index (κ3) is 6.05.